The van der Waals surface area contributed by atoms with Crippen molar-refractivity contribution in [2.45, 2.75) is 39.0 Å². The van der Waals surface area contributed by atoms with Crippen LogP contribution in [0.5, 0.6) is 0 Å². The van der Waals surface area contributed by atoms with Gasteiger partial charge in [0.1, 0.15) is 0 Å². The number of carbonyl (C=O) groups is 1. The summed E-state index contributed by atoms with van der Waals surface area (Å²) < 4.78 is 4.74. The number of rotatable bonds is 8. The molecular formula is C25H32N2O4. The van der Waals surface area contributed by atoms with Gasteiger partial charge >= 0.3 is 0 Å². The number of anilines is 1. The summed E-state index contributed by atoms with van der Waals surface area (Å²) in [6, 6.07) is 14.2. The first-order valence-corrected chi connectivity index (χ1v) is 10.8. The Morgan fingerprint density at radius 3 is 2.65 bits per heavy atom. The summed E-state index contributed by atoms with van der Waals surface area (Å²) in [7, 11) is 1.39. The van der Waals surface area contributed by atoms with Crippen LogP contribution < -0.4 is 10.4 Å². The van der Waals surface area contributed by atoms with Crippen molar-refractivity contribution in [3.05, 3.63) is 76.7 Å². The maximum Gasteiger partial charge on any atom is 0.276 e. The second-order valence-electron chi connectivity index (χ2n) is 8.14. The maximum atomic E-state index is 12.3. The van der Waals surface area contributed by atoms with Crippen molar-refractivity contribution in [1.82, 2.24) is 5.48 Å². The zero-order valence-electron chi connectivity index (χ0n) is 18.3. The van der Waals surface area contributed by atoms with Crippen molar-refractivity contribution < 1.29 is 19.8 Å². The maximum absolute atomic E-state index is 12.3. The number of aryl methyl sites for hydroxylation is 2. The number of hydrogen-bond acceptors (Lipinski definition) is 5. The molecule has 31 heavy (non-hydrogen) atoms. The highest BCUT2D eigenvalue weighted by molar-refractivity contribution is 5.99. The van der Waals surface area contributed by atoms with E-state index in [1.54, 1.807) is 11.5 Å². The van der Waals surface area contributed by atoms with E-state index < -0.39 is 5.91 Å². The molecule has 1 amide bonds. The van der Waals surface area contributed by atoms with E-state index >= 15 is 0 Å². The Morgan fingerprint density at radius 2 is 1.97 bits per heavy atom. The Balaban J connectivity index is 1.64. The smallest absolute Gasteiger partial charge is 0.276 e. The lowest BCUT2D eigenvalue weighted by atomic mass is 9.89. The highest BCUT2D eigenvalue weighted by Crippen LogP contribution is 2.30. The van der Waals surface area contributed by atoms with E-state index in [-0.39, 0.29) is 5.95 Å². The summed E-state index contributed by atoms with van der Waals surface area (Å²) in [5.74, 6) is -0.0177. The Labute approximate surface area is 184 Å². The second kappa shape index (κ2) is 10.9. The summed E-state index contributed by atoms with van der Waals surface area (Å²) >= 11 is 0. The van der Waals surface area contributed by atoms with Gasteiger partial charge in [0, 0.05) is 24.9 Å². The Hall–Kier alpha value is -2.99. The first-order valence-electron chi connectivity index (χ1n) is 10.8. The van der Waals surface area contributed by atoms with Gasteiger partial charge in [0.05, 0.1) is 12.7 Å². The van der Waals surface area contributed by atoms with Gasteiger partial charge in [-0.1, -0.05) is 30.3 Å². The van der Waals surface area contributed by atoms with Gasteiger partial charge in [-0.25, -0.2) is 5.48 Å². The Morgan fingerprint density at radius 1 is 1.23 bits per heavy atom. The monoisotopic (exact) mass is 424 g/mol. The first kappa shape index (κ1) is 22.7. The largest absolute Gasteiger partial charge is 0.481 e. The van der Waals surface area contributed by atoms with Gasteiger partial charge in [-0.2, -0.15) is 0 Å². The molecule has 166 valence electrons. The van der Waals surface area contributed by atoms with Crippen molar-refractivity contribution in [3.63, 3.8) is 0 Å². The van der Waals surface area contributed by atoms with Crippen molar-refractivity contribution in [1.29, 1.82) is 0 Å². The molecule has 0 aliphatic carbocycles. The number of carbonyl (C=O) groups excluding carboxylic acids is 1. The first-order chi connectivity index (χ1) is 15.0. The summed E-state index contributed by atoms with van der Waals surface area (Å²) in [6.45, 7) is 3.93. The van der Waals surface area contributed by atoms with E-state index in [1.807, 2.05) is 12.1 Å². The molecule has 3 rings (SSSR count). The van der Waals surface area contributed by atoms with Gasteiger partial charge in [0.2, 0.25) is 0 Å². The number of aliphatic hydroxyl groups is 1. The minimum atomic E-state index is -0.529. The third kappa shape index (κ3) is 6.01. The lowest BCUT2D eigenvalue weighted by Crippen LogP contribution is -2.35. The minimum Gasteiger partial charge on any atom is -0.481 e. The zero-order valence-corrected chi connectivity index (χ0v) is 18.3. The Kier molecular flexibility index (Phi) is 7.95. The van der Waals surface area contributed by atoms with Gasteiger partial charge < -0.3 is 14.7 Å². The highest BCUT2D eigenvalue weighted by Gasteiger charge is 2.23. The number of methoxy groups -OCH3 is 1. The van der Waals surface area contributed by atoms with Crippen LogP contribution in [0.15, 0.2) is 54.5 Å². The van der Waals surface area contributed by atoms with Crippen molar-refractivity contribution in [2.24, 2.45) is 5.92 Å². The predicted octanol–water partition coefficient (Wildman–Crippen LogP) is 4.55. The van der Waals surface area contributed by atoms with E-state index in [0.29, 0.717) is 17.9 Å². The topological polar surface area (TPSA) is 82.0 Å². The van der Waals surface area contributed by atoms with Gasteiger partial charge in [0.25, 0.3) is 11.9 Å². The molecule has 0 atom stereocenters. The molecule has 0 saturated carbocycles. The van der Waals surface area contributed by atoms with Crippen LogP contribution in [0.4, 0.5) is 5.69 Å². The van der Waals surface area contributed by atoms with Crippen molar-refractivity contribution in [3.8, 4) is 0 Å². The summed E-state index contributed by atoms with van der Waals surface area (Å²) in [4.78, 5) is 14.5. The number of benzene rings is 2. The lowest BCUT2D eigenvalue weighted by Gasteiger charge is -2.34. The average molecular weight is 425 g/mol. The third-order valence-electron chi connectivity index (χ3n) is 6.17. The van der Waals surface area contributed by atoms with Gasteiger partial charge in [-0.3, -0.25) is 10.0 Å². The van der Waals surface area contributed by atoms with E-state index in [0.717, 1.165) is 43.6 Å². The number of ether oxygens (including phenoxy) is 1. The van der Waals surface area contributed by atoms with Crippen LogP contribution in [0.2, 0.25) is 0 Å². The van der Waals surface area contributed by atoms with E-state index in [4.69, 9.17) is 4.74 Å². The quantitative estimate of drug-likeness (QED) is 0.329. The molecule has 0 radical (unpaired) electrons. The lowest BCUT2D eigenvalue weighted by molar-refractivity contribution is 0.0706. The normalized spacial score (nSPS) is 15.1. The zero-order chi connectivity index (χ0) is 22.2. The van der Waals surface area contributed by atoms with Crippen LogP contribution in [-0.2, 0) is 17.6 Å². The van der Waals surface area contributed by atoms with Gasteiger partial charge in [0.15, 0.2) is 0 Å². The molecule has 1 aliphatic heterocycles. The number of nitrogens with zero attached hydrogens (tertiary/aromatic N) is 1. The molecule has 2 aromatic carbocycles. The Bertz CT molecular complexity index is 917. The molecule has 2 aromatic rings. The van der Waals surface area contributed by atoms with Crippen LogP contribution >= 0.6 is 0 Å². The van der Waals surface area contributed by atoms with Crippen LogP contribution in [0, 0.1) is 12.8 Å². The number of amides is 1. The van der Waals surface area contributed by atoms with Gasteiger partial charge in [-0.05, 0) is 73.8 Å². The molecule has 1 saturated heterocycles. The van der Waals surface area contributed by atoms with Crippen molar-refractivity contribution >= 4 is 11.6 Å². The summed E-state index contributed by atoms with van der Waals surface area (Å²) in [6.07, 6.45) is 6.40. The average Bonchev–Trinajstić information content (AvgIpc) is 2.81. The molecule has 6 nitrogen and oxygen atoms in total. The highest BCUT2D eigenvalue weighted by atomic mass is 16.6. The predicted molar refractivity (Wildman–Crippen MR) is 122 cm³/mol. The molecule has 1 fully saturated rings. The molecule has 0 spiro atoms. The number of nitrogens with one attached hydrogen (secondary N) is 1. The fourth-order valence-corrected chi connectivity index (χ4v) is 4.23. The van der Waals surface area contributed by atoms with Crippen molar-refractivity contribution in [2.75, 3.05) is 25.1 Å². The second-order valence-corrected chi connectivity index (χ2v) is 8.14. The fourth-order valence-electron chi connectivity index (χ4n) is 4.23. The minimum absolute atomic E-state index is 0.162. The summed E-state index contributed by atoms with van der Waals surface area (Å²) in [5.41, 5.74) is 6.65. The standard InChI is InChI=1S/C25H32N2O4/c1-18-5-3-4-6-21(18)10-7-19-13-15-27(16-14-19)23-11-8-20(9-12-24(28)31-2)17-22(23)25(29)26-30/h3-6,8,11-12,17,19,28,30H,7,9-10,13-16H2,1-2H3,(H,26,29)/b24-12-. The molecule has 3 N–H and O–H groups in total. The number of hydrogen-bond donors (Lipinski definition) is 3. The number of piperidine rings is 1. The molecular weight excluding hydrogens is 392 g/mol. The van der Waals surface area contributed by atoms with E-state index in [1.165, 1.54) is 30.7 Å². The van der Waals surface area contributed by atoms with Crippen LogP contribution in [0.3, 0.4) is 0 Å². The molecule has 0 bridgehead atoms. The van der Waals surface area contributed by atoms with Gasteiger partial charge in [-0.15, -0.1) is 0 Å². The molecule has 1 heterocycles. The molecule has 0 aromatic heterocycles. The van der Waals surface area contributed by atoms with Crippen LogP contribution in [0.25, 0.3) is 0 Å². The molecule has 0 unspecified atom stereocenters. The summed E-state index contributed by atoms with van der Waals surface area (Å²) in [5, 5.41) is 18.7. The third-order valence-corrected chi connectivity index (χ3v) is 6.17. The van der Waals surface area contributed by atoms with Crippen LogP contribution in [0.1, 0.15) is 46.3 Å². The number of hydroxylamine groups is 1. The molecule has 6 heteroatoms. The van der Waals surface area contributed by atoms with E-state index in [2.05, 4.69) is 36.1 Å². The number of allylic oxidation sites excluding steroid dienone is 1. The number of aliphatic hydroxyl groups excluding tert-OH is 1. The fraction of sp³-hybridized carbons (Fsp3) is 0.400. The van der Waals surface area contributed by atoms with Crippen LogP contribution in [-0.4, -0.2) is 36.4 Å². The SMILES string of the molecule is CO/C(O)=C\Cc1ccc(N2CCC(CCc3ccccc3C)CC2)c(C(=O)NO)c1. The van der Waals surface area contributed by atoms with E-state index in [9.17, 15) is 15.1 Å². The molecule has 1 aliphatic rings.